The first kappa shape index (κ1) is 19.6. The number of aryl methyl sites for hydroxylation is 1. The molecule has 1 amide bonds. The van der Waals surface area contributed by atoms with Gasteiger partial charge < -0.3 is 20.7 Å². The number of benzene rings is 1. The number of non-ortho nitro benzene ring substituents is 1. The number of nitrogens with one attached hydrogen (secondary N) is 3. The van der Waals surface area contributed by atoms with Crippen molar-refractivity contribution in [2.45, 2.75) is 33.3 Å². The zero-order chi connectivity index (χ0) is 18.3. The summed E-state index contributed by atoms with van der Waals surface area (Å²) in [6, 6.07) is 4.50. The molecule has 1 aromatic carbocycles. The molecule has 0 radical (unpaired) electrons. The number of amides is 1. The van der Waals surface area contributed by atoms with Gasteiger partial charge in [-0.1, -0.05) is 6.07 Å². The van der Waals surface area contributed by atoms with Crippen molar-refractivity contribution < 1.29 is 14.5 Å². The molecule has 0 spiro atoms. The van der Waals surface area contributed by atoms with E-state index in [4.69, 9.17) is 17.0 Å². The first-order valence-corrected chi connectivity index (χ1v) is 7.76. The van der Waals surface area contributed by atoms with Gasteiger partial charge in [-0.2, -0.15) is 0 Å². The number of hydrogen-bond acceptors (Lipinski definition) is 5. The van der Waals surface area contributed by atoms with Crippen LogP contribution in [0, 0.1) is 17.0 Å². The minimum Gasteiger partial charge on any atom is -0.444 e. The lowest BCUT2D eigenvalue weighted by Crippen LogP contribution is -2.39. The Bertz CT molecular complexity index is 628. The number of carbonyl (C=O) groups excluding carboxylic acids is 1. The molecule has 1 rings (SSSR count). The lowest BCUT2D eigenvalue weighted by Gasteiger charge is -2.19. The van der Waals surface area contributed by atoms with E-state index in [1.54, 1.807) is 26.8 Å². The summed E-state index contributed by atoms with van der Waals surface area (Å²) >= 11 is 5.14. The van der Waals surface area contributed by atoms with Crippen LogP contribution in [-0.2, 0) is 4.74 Å². The maximum atomic E-state index is 11.5. The van der Waals surface area contributed by atoms with Crippen LogP contribution in [0.3, 0.4) is 0 Å². The number of nitrogens with zero attached hydrogens (tertiary/aromatic N) is 1. The Balaban J connectivity index is 2.41. The molecule has 9 heteroatoms. The first-order chi connectivity index (χ1) is 11.1. The first-order valence-electron chi connectivity index (χ1n) is 7.35. The number of anilines is 1. The summed E-state index contributed by atoms with van der Waals surface area (Å²) in [5, 5.41) is 19.5. The van der Waals surface area contributed by atoms with Crippen molar-refractivity contribution in [3.63, 3.8) is 0 Å². The second-order valence-corrected chi connectivity index (χ2v) is 6.47. The highest BCUT2D eigenvalue weighted by molar-refractivity contribution is 7.80. The van der Waals surface area contributed by atoms with Crippen LogP contribution in [0.1, 0.15) is 26.3 Å². The Morgan fingerprint density at radius 1 is 1.29 bits per heavy atom. The van der Waals surface area contributed by atoms with Gasteiger partial charge in [-0.15, -0.1) is 0 Å². The van der Waals surface area contributed by atoms with Gasteiger partial charge in [-0.05, 0) is 45.5 Å². The summed E-state index contributed by atoms with van der Waals surface area (Å²) < 4.78 is 5.10. The van der Waals surface area contributed by atoms with E-state index in [0.717, 1.165) is 5.56 Å². The van der Waals surface area contributed by atoms with Crippen LogP contribution in [0.4, 0.5) is 16.2 Å². The number of hydrogen-bond donors (Lipinski definition) is 3. The predicted molar refractivity (Wildman–Crippen MR) is 96.3 cm³/mol. The molecule has 8 nitrogen and oxygen atoms in total. The largest absolute Gasteiger partial charge is 0.444 e. The SMILES string of the molecule is Cc1ccc([N+](=O)[O-])cc1NC(=S)NCCNC(=O)OC(C)(C)C. The molecule has 0 saturated heterocycles. The molecular weight excluding hydrogens is 332 g/mol. The topological polar surface area (TPSA) is 106 Å². The van der Waals surface area contributed by atoms with E-state index in [2.05, 4.69) is 16.0 Å². The molecule has 0 aliphatic rings. The molecule has 132 valence electrons. The summed E-state index contributed by atoms with van der Waals surface area (Å²) in [5.41, 5.74) is 0.824. The Morgan fingerprint density at radius 3 is 2.50 bits per heavy atom. The highest BCUT2D eigenvalue weighted by Gasteiger charge is 2.15. The summed E-state index contributed by atoms with van der Waals surface area (Å²) in [6.45, 7) is 7.88. The molecule has 3 N–H and O–H groups in total. The summed E-state index contributed by atoms with van der Waals surface area (Å²) in [5.74, 6) is 0. The van der Waals surface area contributed by atoms with Crippen LogP contribution in [0.15, 0.2) is 18.2 Å². The van der Waals surface area contributed by atoms with Crippen molar-refractivity contribution in [2.24, 2.45) is 0 Å². The van der Waals surface area contributed by atoms with Gasteiger partial charge in [0.1, 0.15) is 5.60 Å². The minimum atomic E-state index is -0.548. The highest BCUT2D eigenvalue weighted by Crippen LogP contribution is 2.21. The lowest BCUT2D eigenvalue weighted by atomic mass is 10.2. The van der Waals surface area contributed by atoms with Gasteiger partial charge in [0.15, 0.2) is 5.11 Å². The fourth-order valence-electron chi connectivity index (χ4n) is 1.68. The highest BCUT2D eigenvalue weighted by atomic mass is 32.1. The minimum absolute atomic E-state index is 0.0162. The van der Waals surface area contributed by atoms with Crippen molar-refractivity contribution in [1.82, 2.24) is 10.6 Å². The van der Waals surface area contributed by atoms with E-state index in [9.17, 15) is 14.9 Å². The fraction of sp³-hybridized carbons (Fsp3) is 0.467. The molecule has 1 aromatic rings. The fourth-order valence-corrected chi connectivity index (χ4v) is 1.89. The number of nitro groups is 1. The average molecular weight is 354 g/mol. The normalized spacial score (nSPS) is 10.7. The zero-order valence-corrected chi connectivity index (χ0v) is 15.0. The van der Waals surface area contributed by atoms with Crippen molar-refractivity contribution >= 4 is 34.8 Å². The van der Waals surface area contributed by atoms with E-state index in [0.29, 0.717) is 23.9 Å². The van der Waals surface area contributed by atoms with Crippen LogP contribution in [0.2, 0.25) is 0 Å². The van der Waals surface area contributed by atoms with Crippen molar-refractivity contribution in [3.8, 4) is 0 Å². The van der Waals surface area contributed by atoms with E-state index < -0.39 is 16.6 Å². The molecule has 0 atom stereocenters. The third-order valence-corrected chi connectivity index (χ3v) is 3.01. The van der Waals surface area contributed by atoms with E-state index in [-0.39, 0.29) is 5.69 Å². The summed E-state index contributed by atoms with van der Waals surface area (Å²) in [6.07, 6.45) is -0.502. The Kier molecular flexibility index (Phi) is 6.90. The molecule has 24 heavy (non-hydrogen) atoms. The quantitative estimate of drug-likeness (QED) is 0.323. The molecule has 0 aliphatic heterocycles. The van der Waals surface area contributed by atoms with Crippen LogP contribution in [0.25, 0.3) is 0 Å². The van der Waals surface area contributed by atoms with Gasteiger partial charge in [0.25, 0.3) is 5.69 Å². The van der Waals surface area contributed by atoms with Crippen molar-refractivity contribution in [3.05, 3.63) is 33.9 Å². The summed E-state index contributed by atoms with van der Waals surface area (Å²) in [4.78, 5) is 21.8. The van der Waals surface area contributed by atoms with Gasteiger partial charge in [0.05, 0.1) is 4.92 Å². The van der Waals surface area contributed by atoms with Crippen LogP contribution < -0.4 is 16.0 Å². The lowest BCUT2D eigenvalue weighted by molar-refractivity contribution is -0.384. The zero-order valence-electron chi connectivity index (χ0n) is 14.1. The van der Waals surface area contributed by atoms with Gasteiger partial charge in [0, 0.05) is 30.9 Å². The van der Waals surface area contributed by atoms with Gasteiger partial charge in [-0.3, -0.25) is 10.1 Å². The molecular formula is C15H22N4O4S. The second kappa shape index (κ2) is 8.44. The number of carbonyl (C=O) groups is 1. The predicted octanol–water partition coefficient (Wildman–Crippen LogP) is 2.71. The molecule has 0 saturated carbocycles. The molecule has 0 aromatic heterocycles. The third-order valence-electron chi connectivity index (χ3n) is 2.76. The third kappa shape index (κ3) is 7.23. The number of rotatable bonds is 5. The Hall–Kier alpha value is -2.42. The van der Waals surface area contributed by atoms with E-state index >= 15 is 0 Å². The Morgan fingerprint density at radius 2 is 1.92 bits per heavy atom. The van der Waals surface area contributed by atoms with E-state index in [1.165, 1.54) is 12.1 Å². The monoisotopic (exact) mass is 354 g/mol. The van der Waals surface area contributed by atoms with Gasteiger partial charge in [-0.25, -0.2) is 4.79 Å². The molecule has 0 aliphatic carbocycles. The van der Waals surface area contributed by atoms with Crippen LogP contribution in [0.5, 0.6) is 0 Å². The maximum Gasteiger partial charge on any atom is 0.407 e. The van der Waals surface area contributed by atoms with E-state index in [1.807, 2.05) is 6.92 Å². The van der Waals surface area contributed by atoms with Crippen molar-refractivity contribution in [1.29, 1.82) is 0 Å². The van der Waals surface area contributed by atoms with Crippen LogP contribution in [-0.4, -0.2) is 34.8 Å². The average Bonchev–Trinajstić information content (AvgIpc) is 2.44. The standard InChI is InChI=1S/C15H22N4O4S/c1-10-5-6-11(19(21)22)9-12(10)18-13(24)16-7-8-17-14(20)23-15(2,3)4/h5-6,9H,7-8H2,1-4H3,(H,17,20)(H2,16,18,24). The number of ether oxygens (including phenoxy) is 1. The smallest absolute Gasteiger partial charge is 0.407 e. The number of alkyl carbamates (subject to hydrolysis) is 1. The maximum absolute atomic E-state index is 11.5. The van der Waals surface area contributed by atoms with Crippen LogP contribution >= 0.6 is 12.2 Å². The molecule has 0 unspecified atom stereocenters. The number of nitro benzene ring substituents is 1. The molecule has 0 bridgehead atoms. The Labute approximate surface area is 146 Å². The molecule has 0 fully saturated rings. The van der Waals surface area contributed by atoms with Gasteiger partial charge >= 0.3 is 6.09 Å². The van der Waals surface area contributed by atoms with Crippen molar-refractivity contribution in [2.75, 3.05) is 18.4 Å². The van der Waals surface area contributed by atoms with Gasteiger partial charge in [0.2, 0.25) is 0 Å². The molecule has 0 heterocycles. The summed E-state index contributed by atoms with van der Waals surface area (Å²) in [7, 11) is 0. The second-order valence-electron chi connectivity index (χ2n) is 6.07. The number of thiocarbonyl (C=S) groups is 1.